The van der Waals surface area contributed by atoms with Crippen LogP contribution in [0.4, 0.5) is 5.69 Å². The highest BCUT2D eigenvalue weighted by Gasteiger charge is 2.18. The zero-order valence-electron chi connectivity index (χ0n) is 15.1. The smallest absolute Gasteiger partial charge is 0.237 e. The van der Waals surface area contributed by atoms with Crippen molar-refractivity contribution in [3.63, 3.8) is 0 Å². The van der Waals surface area contributed by atoms with Crippen molar-refractivity contribution in [2.24, 2.45) is 0 Å². The van der Waals surface area contributed by atoms with Gasteiger partial charge in [0.2, 0.25) is 5.91 Å². The van der Waals surface area contributed by atoms with Crippen molar-refractivity contribution < 1.29 is 4.79 Å². The lowest BCUT2D eigenvalue weighted by Gasteiger charge is -2.14. The van der Waals surface area contributed by atoms with Gasteiger partial charge in [-0.1, -0.05) is 30.0 Å². The maximum Gasteiger partial charge on any atom is 0.237 e. The summed E-state index contributed by atoms with van der Waals surface area (Å²) in [6.07, 6.45) is 2.66. The fourth-order valence-electron chi connectivity index (χ4n) is 2.51. The summed E-state index contributed by atoms with van der Waals surface area (Å²) < 4.78 is 2.01. The van der Waals surface area contributed by atoms with Crippen molar-refractivity contribution in [3.8, 4) is 0 Å². The number of carbonyl (C=O) groups excluding carboxylic acids is 1. The Balaban J connectivity index is 1.61. The molecule has 1 unspecified atom stereocenters. The molecule has 3 aromatic rings. The number of hydrogen-bond donors (Lipinski definition) is 1. The van der Waals surface area contributed by atoms with E-state index in [0.717, 1.165) is 34.9 Å². The number of thiophene rings is 1. The third-order valence-electron chi connectivity index (χ3n) is 4.27. The minimum Gasteiger partial charge on any atom is -0.325 e. The molecule has 0 radical (unpaired) electrons. The van der Waals surface area contributed by atoms with Gasteiger partial charge in [0, 0.05) is 17.1 Å². The molecule has 2 heterocycles. The molecule has 2 aromatic heterocycles. The molecular formula is C19H22N4OS2. The molecule has 0 aliphatic rings. The van der Waals surface area contributed by atoms with E-state index in [0.29, 0.717) is 0 Å². The minimum absolute atomic E-state index is 0.0310. The van der Waals surface area contributed by atoms with E-state index >= 15 is 0 Å². The molecule has 136 valence electrons. The molecule has 1 atom stereocenters. The van der Waals surface area contributed by atoms with E-state index in [-0.39, 0.29) is 11.2 Å². The van der Waals surface area contributed by atoms with Gasteiger partial charge in [0.15, 0.2) is 5.16 Å². The van der Waals surface area contributed by atoms with Crippen molar-refractivity contribution in [1.82, 2.24) is 14.8 Å². The Labute approximate surface area is 161 Å². The second-order valence-electron chi connectivity index (χ2n) is 6.13. The number of rotatable bonds is 7. The quantitative estimate of drug-likeness (QED) is 0.615. The van der Waals surface area contributed by atoms with Gasteiger partial charge in [-0.2, -0.15) is 0 Å². The first-order chi connectivity index (χ1) is 12.5. The summed E-state index contributed by atoms with van der Waals surface area (Å²) in [5.41, 5.74) is 3.12. The Kier molecular flexibility index (Phi) is 6.11. The lowest BCUT2D eigenvalue weighted by molar-refractivity contribution is -0.115. The van der Waals surface area contributed by atoms with Gasteiger partial charge in [-0.25, -0.2) is 0 Å². The lowest BCUT2D eigenvalue weighted by Crippen LogP contribution is -2.23. The molecule has 0 bridgehead atoms. The number of aromatic nitrogens is 3. The van der Waals surface area contributed by atoms with E-state index in [1.165, 1.54) is 16.6 Å². The summed E-state index contributed by atoms with van der Waals surface area (Å²) in [4.78, 5) is 13.9. The first-order valence-corrected chi connectivity index (χ1v) is 10.2. The molecule has 0 saturated heterocycles. The Morgan fingerprint density at radius 1 is 1.31 bits per heavy atom. The average Bonchev–Trinajstić information content (AvgIpc) is 3.28. The van der Waals surface area contributed by atoms with Crippen molar-refractivity contribution in [2.75, 3.05) is 5.32 Å². The van der Waals surface area contributed by atoms with Crippen LogP contribution >= 0.6 is 23.1 Å². The van der Waals surface area contributed by atoms with Crippen LogP contribution in [0.15, 0.2) is 47.2 Å². The Morgan fingerprint density at radius 3 is 2.92 bits per heavy atom. The molecule has 0 aliphatic heterocycles. The summed E-state index contributed by atoms with van der Waals surface area (Å²) in [6.45, 7) is 6.76. The van der Waals surface area contributed by atoms with Crippen LogP contribution in [0.2, 0.25) is 0 Å². The van der Waals surface area contributed by atoms with E-state index in [2.05, 4.69) is 33.0 Å². The van der Waals surface area contributed by atoms with Crippen LogP contribution in [0.3, 0.4) is 0 Å². The Hall–Kier alpha value is -2.12. The lowest BCUT2D eigenvalue weighted by atomic mass is 10.1. The third-order valence-corrected chi connectivity index (χ3v) is 6.30. The highest BCUT2D eigenvalue weighted by molar-refractivity contribution is 8.00. The van der Waals surface area contributed by atoms with E-state index in [4.69, 9.17) is 0 Å². The zero-order chi connectivity index (χ0) is 18.5. The van der Waals surface area contributed by atoms with Crippen LogP contribution in [-0.2, 0) is 17.8 Å². The number of amides is 1. The standard InChI is InChI=1S/C19H22N4OS2/c1-13-6-4-8-17(14(13)2)21-18(24)15(3)26-19-22-20-12-23(19)10-9-16-7-5-11-25-16/h4-8,11-12,15H,9-10H2,1-3H3,(H,21,24). The Bertz CT molecular complexity index is 874. The SMILES string of the molecule is Cc1cccc(NC(=O)C(C)Sc2nncn2CCc2cccs2)c1C. The first kappa shape index (κ1) is 18.7. The monoisotopic (exact) mass is 386 g/mol. The largest absolute Gasteiger partial charge is 0.325 e. The number of nitrogens with zero attached hydrogens (tertiary/aromatic N) is 3. The predicted octanol–water partition coefficient (Wildman–Crippen LogP) is 4.32. The molecule has 26 heavy (non-hydrogen) atoms. The van der Waals surface area contributed by atoms with Gasteiger partial charge in [-0.05, 0) is 55.8 Å². The summed E-state index contributed by atoms with van der Waals surface area (Å²) in [5.74, 6) is -0.0310. The van der Waals surface area contributed by atoms with Gasteiger partial charge in [-0.15, -0.1) is 21.5 Å². The van der Waals surface area contributed by atoms with E-state index in [1.807, 2.05) is 43.5 Å². The Morgan fingerprint density at radius 2 is 2.15 bits per heavy atom. The molecule has 1 aromatic carbocycles. The molecule has 0 spiro atoms. The molecule has 1 amide bonds. The second kappa shape index (κ2) is 8.51. The molecule has 0 fully saturated rings. The second-order valence-corrected chi connectivity index (χ2v) is 8.47. The maximum absolute atomic E-state index is 12.6. The van der Waals surface area contributed by atoms with Crippen molar-refractivity contribution >= 4 is 34.7 Å². The van der Waals surface area contributed by atoms with Gasteiger partial charge in [-0.3, -0.25) is 4.79 Å². The van der Waals surface area contributed by atoms with Crippen LogP contribution in [-0.4, -0.2) is 25.9 Å². The fraction of sp³-hybridized carbons (Fsp3) is 0.316. The number of hydrogen-bond acceptors (Lipinski definition) is 5. The molecular weight excluding hydrogens is 364 g/mol. The molecule has 7 heteroatoms. The highest BCUT2D eigenvalue weighted by atomic mass is 32.2. The van der Waals surface area contributed by atoms with E-state index in [9.17, 15) is 4.79 Å². The number of nitrogens with one attached hydrogen (secondary N) is 1. The van der Waals surface area contributed by atoms with Gasteiger partial charge < -0.3 is 9.88 Å². The summed E-state index contributed by atoms with van der Waals surface area (Å²) >= 11 is 3.18. The van der Waals surface area contributed by atoms with Crippen LogP contribution in [0.1, 0.15) is 22.9 Å². The summed E-state index contributed by atoms with van der Waals surface area (Å²) in [7, 11) is 0. The maximum atomic E-state index is 12.6. The zero-order valence-corrected chi connectivity index (χ0v) is 16.7. The summed E-state index contributed by atoms with van der Waals surface area (Å²) in [6, 6.07) is 10.1. The van der Waals surface area contributed by atoms with Gasteiger partial charge in [0.05, 0.1) is 5.25 Å². The number of aryl methyl sites for hydroxylation is 3. The normalized spacial score (nSPS) is 12.1. The van der Waals surface area contributed by atoms with Gasteiger partial charge in [0.25, 0.3) is 0 Å². The fourth-order valence-corrected chi connectivity index (χ4v) is 4.06. The molecule has 3 rings (SSSR count). The number of thioether (sulfide) groups is 1. The van der Waals surface area contributed by atoms with Crippen molar-refractivity contribution in [2.45, 2.75) is 44.1 Å². The predicted molar refractivity (Wildman–Crippen MR) is 108 cm³/mol. The van der Waals surface area contributed by atoms with Gasteiger partial charge in [0.1, 0.15) is 6.33 Å². The van der Waals surface area contributed by atoms with Crippen LogP contribution in [0, 0.1) is 13.8 Å². The van der Waals surface area contributed by atoms with Crippen LogP contribution in [0.25, 0.3) is 0 Å². The molecule has 1 N–H and O–H groups in total. The minimum atomic E-state index is -0.264. The molecule has 5 nitrogen and oxygen atoms in total. The number of carbonyl (C=O) groups is 1. The van der Waals surface area contributed by atoms with Crippen molar-refractivity contribution in [3.05, 3.63) is 58.0 Å². The number of benzene rings is 1. The third kappa shape index (κ3) is 4.53. The average molecular weight is 387 g/mol. The molecule has 0 aliphatic carbocycles. The van der Waals surface area contributed by atoms with E-state index in [1.54, 1.807) is 17.7 Å². The summed E-state index contributed by atoms with van der Waals surface area (Å²) in [5, 5.41) is 13.8. The first-order valence-electron chi connectivity index (χ1n) is 8.48. The van der Waals surface area contributed by atoms with Gasteiger partial charge >= 0.3 is 0 Å². The highest BCUT2D eigenvalue weighted by Crippen LogP contribution is 2.24. The van der Waals surface area contributed by atoms with Crippen LogP contribution < -0.4 is 5.32 Å². The molecule has 0 saturated carbocycles. The topological polar surface area (TPSA) is 59.8 Å². The van der Waals surface area contributed by atoms with Crippen LogP contribution in [0.5, 0.6) is 0 Å². The number of anilines is 1. The van der Waals surface area contributed by atoms with Crippen molar-refractivity contribution in [1.29, 1.82) is 0 Å². The van der Waals surface area contributed by atoms with E-state index < -0.39 is 0 Å².